The number of rotatable bonds is 3. The Morgan fingerprint density at radius 2 is 2.17 bits per heavy atom. The first-order valence-electron chi connectivity index (χ1n) is 6.21. The van der Waals surface area contributed by atoms with Crippen molar-refractivity contribution in [2.75, 3.05) is 19.6 Å². The zero-order valence-corrected chi connectivity index (χ0v) is 11.8. The lowest BCUT2D eigenvalue weighted by Gasteiger charge is -2.26. The van der Waals surface area contributed by atoms with E-state index < -0.39 is 0 Å². The highest BCUT2D eigenvalue weighted by molar-refractivity contribution is 5.85. The molecule has 102 valence electrons. The van der Waals surface area contributed by atoms with E-state index >= 15 is 0 Å². The SMILES string of the molecule is CC(C)(N)CN1CCC(c2cccc(F)c2)C1.Cl. The predicted octanol–water partition coefficient (Wildman–Crippen LogP) is 2.77. The molecule has 1 unspecified atom stereocenters. The highest BCUT2D eigenvalue weighted by Gasteiger charge is 2.27. The minimum absolute atomic E-state index is 0. The van der Waals surface area contributed by atoms with Gasteiger partial charge >= 0.3 is 0 Å². The zero-order valence-electron chi connectivity index (χ0n) is 11.0. The Bertz CT molecular complexity index is 390. The zero-order chi connectivity index (χ0) is 12.5. The molecular weight excluding hydrogens is 251 g/mol. The van der Waals surface area contributed by atoms with Crippen molar-refractivity contribution < 1.29 is 4.39 Å². The summed E-state index contributed by atoms with van der Waals surface area (Å²) in [7, 11) is 0. The van der Waals surface area contributed by atoms with Crippen molar-refractivity contribution in [2.24, 2.45) is 5.73 Å². The molecule has 1 heterocycles. The van der Waals surface area contributed by atoms with Crippen LogP contribution in [-0.4, -0.2) is 30.1 Å². The van der Waals surface area contributed by atoms with Gasteiger partial charge in [0.05, 0.1) is 0 Å². The summed E-state index contributed by atoms with van der Waals surface area (Å²) >= 11 is 0. The summed E-state index contributed by atoms with van der Waals surface area (Å²) in [5.41, 5.74) is 6.98. The average Bonchev–Trinajstić information content (AvgIpc) is 2.63. The van der Waals surface area contributed by atoms with Crippen LogP contribution in [0.5, 0.6) is 0 Å². The van der Waals surface area contributed by atoms with E-state index in [0.717, 1.165) is 31.6 Å². The van der Waals surface area contributed by atoms with Gasteiger partial charge in [-0.1, -0.05) is 12.1 Å². The molecule has 2 N–H and O–H groups in total. The van der Waals surface area contributed by atoms with Crippen LogP contribution in [0.4, 0.5) is 4.39 Å². The molecular formula is C14H22ClFN2. The van der Waals surface area contributed by atoms with Gasteiger partial charge in [-0.2, -0.15) is 0 Å². The molecule has 1 saturated heterocycles. The second kappa shape index (κ2) is 6.00. The summed E-state index contributed by atoms with van der Waals surface area (Å²) in [6, 6.07) is 6.96. The number of hydrogen-bond donors (Lipinski definition) is 1. The van der Waals surface area contributed by atoms with E-state index in [2.05, 4.69) is 4.90 Å². The molecule has 0 bridgehead atoms. The quantitative estimate of drug-likeness (QED) is 0.917. The fourth-order valence-corrected chi connectivity index (χ4v) is 2.59. The molecule has 18 heavy (non-hydrogen) atoms. The van der Waals surface area contributed by atoms with Crippen molar-refractivity contribution in [3.63, 3.8) is 0 Å². The molecule has 1 aromatic rings. The minimum atomic E-state index is -0.156. The lowest BCUT2D eigenvalue weighted by atomic mass is 9.98. The van der Waals surface area contributed by atoms with Crippen molar-refractivity contribution in [1.29, 1.82) is 0 Å². The Kier molecular flexibility index (Phi) is 5.14. The summed E-state index contributed by atoms with van der Waals surface area (Å²) in [6.45, 7) is 7.04. The number of halogens is 2. The van der Waals surface area contributed by atoms with Gasteiger partial charge in [0, 0.05) is 18.6 Å². The van der Waals surface area contributed by atoms with E-state index in [1.54, 1.807) is 12.1 Å². The van der Waals surface area contributed by atoms with E-state index in [-0.39, 0.29) is 23.8 Å². The van der Waals surface area contributed by atoms with E-state index in [1.165, 1.54) is 6.07 Å². The molecule has 2 rings (SSSR count). The van der Waals surface area contributed by atoms with Crippen LogP contribution < -0.4 is 5.73 Å². The molecule has 0 aromatic heterocycles. The van der Waals surface area contributed by atoms with Crippen LogP contribution >= 0.6 is 12.4 Å². The van der Waals surface area contributed by atoms with Gasteiger partial charge in [-0.05, 0) is 50.4 Å². The summed E-state index contributed by atoms with van der Waals surface area (Å²) in [5.74, 6) is 0.313. The largest absolute Gasteiger partial charge is 0.324 e. The van der Waals surface area contributed by atoms with E-state index in [1.807, 2.05) is 19.9 Å². The second-order valence-corrected chi connectivity index (χ2v) is 5.76. The van der Waals surface area contributed by atoms with Crippen molar-refractivity contribution in [1.82, 2.24) is 4.90 Å². The first-order chi connectivity index (χ1) is 7.94. The van der Waals surface area contributed by atoms with E-state index in [0.29, 0.717) is 5.92 Å². The Labute approximate surface area is 115 Å². The van der Waals surface area contributed by atoms with Crippen LogP contribution in [0.2, 0.25) is 0 Å². The Morgan fingerprint density at radius 3 is 2.78 bits per heavy atom. The molecule has 1 atom stereocenters. The topological polar surface area (TPSA) is 29.3 Å². The second-order valence-electron chi connectivity index (χ2n) is 5.76. The van der Waals surface area contributed by atoms with Crippen LogP contribution in [0.3, 0.4) is 0 Å². The molecule has 1 aromatic carbocycles. The predicted molar refractivity (Wildman–Crippen MR) is 75.7 cm³/mol. The first-order valence-corrected chi connectivity index (χ1v) is 6.21. The maximum absolute atomic E-state index is 13.2. The van der Waals surface area contributed by atoms with Gasteiger partial charge in [-0.3, -0.25) is 0 Å². The molecule has 0 saturated carbocycles. The lowest BCUT2D eigenvalue weighted by molar-refractivity contribution is 0.268. The number of likely N-dealkylation sites (tertiary alicyclic amines) is 1. The average molecular weight is 273 g/mol. The molecule has 1 aliphatic heterocycles. The third-order valence-corrected chi connectivity index (χ3v) is 3.22. The smallest absolute Gasteiger partial charge is 0.123 e. The van der Waals surface area contributed by atoms with Crippen molar-refractivity contribution in [3.05, 3.63) is 35.6 Å². The van der Waals surface area contributed by atoms with Crippen LogP contribution in [-0.2, 0) is 0 Å². The van der Waals surface area contributed by atoms with Crippen LogP contribution in [0.1, 0.15) is 31.7 Å². The highest BCUT2D eigenvalue weighted by Crippen LogP contribution is 2.28. The molecule has 0 aliphatic carbocycles. The maximum Gasteiger partial charge on any atom is 0.123 e. The molecule has 0 spiro atoms. The number of benzene rings is 1. The fourth-order valence-electron chi connectivity index (χ4n) is 2.59. The number of nitrogens with zero attached hydrogens (tertiary/aromatic N) is 1. The molecule has 4 heteroatoms. The summed E-state index contributed by atoms with van der Waals surface area (Å²) < 4.78 is 13.2. The number of nitrogens with two attached hydrogens (primary N) is 1. The van der Waals surface area contributed by atoms with Crippen LogP contribution in [0, 0.1) is 5.82 Å². The number of hydrogen-bond acceptors (Lipinski definition) is 2. The van der Waals surface area contributed by atoms with Crippen molar-refractivity contribution in [3.8, 4) is 0 Å². The van der Waals surface area contributed by atoms with Gasteiger partial charge in [0.1, 0.15) is 5.82 Å². The summed E-state index contributed by atoms with van der Waals surface area (Å²) in [6.07, 6.45) is 1.10. The molecule has 0 amide bonds. The van der Waals surface area contributed by atoms with Crippen LogP contribution in [0.25, 0.3) is 0 Å². The van der Waals surface area contributed by atoms with E-state index in [4.69, 9.17) is 5.73 Å². The monoisotopic (exact) mass is 272 g/mol. The maximum atomic E-state index is 13.2. The van der Waals surface area contributed by atoms with Gasteiger partial charge in [0.25, 0.3) is 0 Å². The third kappa shape index (κ3) is 4.23. The fraction of sp³-hybridized carbons (Fsp3) is 0.571. The van der Waals surface area contributed by atoms with Crippen LogP contribution in [0.15, 0.2) is 24.3 Å². The molecule has 1 aliphatic rings. The minimum Gasteiger partial charge on any atom is -0.324 e. The van der Waals surface area contributed by atoms with Gasteiger partial charge in [0.2, 0.25) is 0 Å². The van der Waals surface area contributed by atoms with Gasteiger partial charge in [-0.25, -0.2) is 4.39 Å². The van der Waals surface area contributed by atoms with Gasteiger partial charge < -0.3 is 10.6 Å². The van der Waals surface area contributed by atoms with Crippen molar-refractivity contribution in [2.45, 2.75) is 31.7 Å². The molecule has 2 nitrogen and oxygen atoms in total. The standard InChI is InChI=1S/C14H21FN2.ClH/c1-14(2,16)10-17-7-6-12(9-17)11-4-3-5-13(15)8-11;/h3-5,8,12H,6-7,9-10,16H2,1-2H3;1H. The highest BCUT2D eigenvalue weighted by atomic mass is 35.5. The molecule has 0 radical (unpaired) electrons. The Morgan fingerprint density at radius 1 is 1.44 bits per heavy atom. The van der Waals surface area contributed by atoms with E-state index in [9.17, 15) is 4.39 Å². The molecule has 1 fully saturated rings. The Hall–Kier alpha value is -0.640. The summed E-state index contributed by atoms with van der Waals surface area (Å²) in [5, 5.41) is 0. The normalized spacial score (nSPS) is 20.8. The lowest BCUT2D eigenvalue weighted by Crippen LogP contribution is -2.44. The Balaban J connectivity index is 0.00000162. The third-order valence-electron chi connectivity index (χ3n) is 3.22. The summed E-state index contributed by atoms with van der Waals surface area (Å²) in [4.78, 5) is 2.37. The van der Waals surface area contributed by atoms with Gasteiger partial charge in [0.15, 0.2) is 0 Å². The van der Waals surface area contributed by atoms with Crippen molar-refractivity contribution >= 4 is 12.4 Å². The van der Waals surface area contributed by atoms with Gasteiger partial charge in [-0.15, -0.1) is 12.4 Å². The first kappa shape index (κ1) is 15.4.